The van der Waals surface area contributed by atoms with Gasteiger partial charge in [-0.1, -0.05) is 12.1 Å². The minimum absolute atomic E-state index is 0.281. The molecule has 1 aromatic heterocycles. The minimum atomic E-state index is -0.348. The molecule has 0 saturated carbocycles. The topological polar surface area (TPSA) is 60.6 Å². The van der Waals surface area contributed by atoms with Crippen LogP contribution in [-0.4, -0.2) is 26.3 Å². The van der Waals surface area contributed by atoms with Crippen LogP contribution in [0.25, 0.3) is 22.0 Å². The predicted octanol–water partition coefficient (Wildman–Crippen LogP) is 3.36. The van der Waals surface area contributed by atoms with Crippen molar-refractivity contribution in [1.29, 1.82) is 0 Å². The summed E-state index contributed by atoms with van der Waals surface area (Å²) in [6.45, 7) is 0. The van der Waals surface area contributed by atoms with E-state index in [2.05, 4.69) is 4.98 Å². The summed E-state index contributed by atoms with van der Waals surface area (Å²) in [6.07, 6.45) is 0. The Bertz CT molecular complexity index is 948. The molecular weight excluding hydrogens is 313 g/mol. The molecule has 6 heteroatoms. The smallest absolute Gasteiger partial charge is 0.249 e. The Hall–Kier alpha value is -3.02. The average Bonchev–Trinajstić information content (AvgIpc) is 2.59. The van der Waals surface area contributed by atoms with Crippen LogP contribution in [0, 0.1) is 5.82 Å². The zero-order valence-electron chi connectivity index (χ0n) is 13.5. The van der Waals surface area contributed by atoms with E-state index in [1.54, 1.807) is 18.2 Å². The third-order valence-corrected chi connectivity index (χ3v) is 3.79. The van der Waals surface area contributed by atoms with Crippen molar-refractivity contribution >= 4 is 10.9 Å². The number of halogens is 1. The maximum atomic E-state index is 13.2. The van der Waals surface area contributed by atoms with Crippen molar-refractivity contribution in [2.45, 2.75) is 0 Å². The van der Waals surface area contributed by atoms with Gasteiger partial charge in [0.2, 0.25) is 11.3 Å². The van der Waals surface area contributed by atoms with Gasteiger partial charge in [-0.3, -0.25) is 4.79 Å². The van der Waals surface area contributed by atoms with Crippen LogP contribution in [0.2, 0.25) is 0 Å². The molecule has 0 aliphatic heterocycles. The Morgan fingerprint density at radius 1 is 0.917 bits per heavy atom. The van der Waals surface area contributed by atoms with E-state index in [0.717, 1.165) is 0 Å². The molecule has 24 heavy (non-hydrogen) atoms. The summed E-state index contributed by atoms with van der Waals surface area (Å²) in [5, 5.41) is 0.654. The highest BCUT2D eigenvalue weighted by Crippen LogP contribution is 2.45. The molecule has 1 heterocycles. The van der Waals surface area contributed by atoms with E-state index < -0.39 is 0 Å². The van der Waals surface area contributed by atoms with Gasteiger partial charge < -0.3 is 19.2 Å². The van der Waals surface area contributed by atoms with Gasteiger partial charge in [0.1, 0.15) is 5.82 Å². The van der Waals surface area contributed by atoms with Crippen LogP contribution >= 0.6 is 0 Å². The van der Waals surface area contributed by atoms with Crippen molar-refractivity contribution in [1.82, 2.24) is 4.98 Å². The number of hydrogen-bond acceptors (Lipinski definition) is 4. The fourth-order valence-corrected chi connectivity index (χ4v) is 2.75. The number of H-pyrrole nitrogens is 1. The molecular formula is C18H16FNO4. The number of hydrogen-bond donors (Lipinski definition) is 1. The Morgan fingerprint density at radius 3 is 2.17 bits per heavy atom. The molecule has 2 aromatic carbocycles. The number of benzene rings is 2. The predicted molar refractivity (Wildman–Crippen MR) is 89.6 cm³/mol. The zero-order valence-corrected chi connectivity index (χ0v) is 13.5. The summed E-state index contributed by atoms with van der Waals surface area (Å²) < 4.78 is 29.5. The highest BCUT2D eigenvalue weighted by molar-refractivity contribution is 6.01. The lowest BCUT2D eigenvalue weighted by Gasteiger charge is -2.17. The van der Waals surface area contributed by atoms with Crippen LogP contribution < -0.4 is 19.8 Å². The average molecular weight is 329 g/mol. The largest absolute Gasteiger partial charge is 0.493 e. The lowest BCUT2D eigenvalue weighted by molar-refractivity contribution is 0.327. The van der Waals surface area contributed by atoms with Crippen molar-refractivity contribution in [3.63, 3.8) is 0 Å². The molecule has 5 nitrogen and oxygen atoms in total. The lowest BCUT2D eigenvalue weighted by atomic mass is 10.00. The van der Waals surface area contributed by atoms with Gasteiger partial charge in [0.15, 0.2) is 11.5 Å². The zero-order chi connectivity index (χ0) is 17.3. The Labute approximate surface area is 137 Å². The molecule has 0 aliphatic carbocycles. The summed E-state index contributed by atoms with van der Waals surface area (Å²) in [7, 11) is 4.52. The maximum Gasteiger partial charge on any atom is 0.249 e. The highest BCUT2D eigenvalue weighted by atomic mass is 19.1. The van der Waals surface area contributed by atoms with E-state index >= 15 is 0 Å². The molecule has 0 amide bonds. The Morgan fingerprint density at radius 2 is 1.58 bits per heavy atom. The van der Waals surface area contributed by atoms with Crippen molar-refractivity contribution in [3.8, 4) is 28.4 Å². The first-order valence-electron chi connectivity index (χ1n) is 7.21. The van der Waals surface area contributed by atoms with Crippen molar-refractivity contribution < 1.29 is 18.6 Å². The molecule has 0 aliphatic rings. The molecule has 124 valence electrons. The Balaban J connectivity index is 2.45. The summed E-state index contributed by atoms with van der Waals surface area (Å²) in [6, 6.07) is 9.03. The van der Waals surface area contributed by atoms with E-state index in [1.165, 1.54) is 39.5 Å². The Kier molecular flexibility index (Phi) is 4.12. The molecule has 0 saturated heterocycles. The number of nitrogens with one attached hydrogen (secondary N) is 1. The summed E-state index contributed by atoms with van der Waals surface area (Å²) in [5.74, 6) is 0.943. The number of fused-ring (bicyclic) bond motifs is 1. The second-order valence-corrected chi connectivity index (χ2v) is 5.12. The van der Waals surface area contributed by atoms with Crippen LogP contribution in [0.15, 0.2) is 41.2 Å². The quantitative estimate of drug-likeness (QED) is 0.797. The first-order valence-corrected chi connectivity index (χ1v) is 7.21. The van der Waals surface area contributed by atoms with E-state index in [-0.39, 0.29) is 11.4 Å². The third kappa shape index (κ3) is 2.56. The van der Waals surface area contributed by atoms with Gasteiger partial charge >= 0.3 is 0 Å². The minimum Gasteiger partial charge on any atom is -0.493 e. The number of pyridine rings is 1. The fourth-order valence-electron chi connectivity index (χ4n) is 2.75. The van der Waals surface area contributed by atoms with Crippen LogP contribution in [-0.2, 0) is 0 Å². The molecule has 3 rings (SSSR count). The fraction of sp³-hybridized carbons (Fsp3) is 0.167. The highest BCUT2D eigenvalue weighted by Gasteiger charge is 2.20. The van der Waals surface area contributed by atoms with Gasteiger partial charge in [-0.15, -0.1) is 0 Å². The number of aromatic nitrogens is 1. The van der Waals surface area contributed by atoms with Crippen LogP contribution in [0.4, 0.5) is 4.39 Å². The van der Waals surface area contributed by atoms with Crippen molar-refractivity contribution in [3.05, 3.63) is 52.6 Å². The van der Waals surface area contributed by atoms with Gasteiger partial charge in [0.25, 0.3) is 0 Å². The molecule has 0 bridgehead atoms. The molecule has 3 aromatic rings. The van der Waals surface area contributed by atoms with Gasteiger partial charge in [0.05, 0.1) is 32.2 Å². The van der Waals surface area contributed by atoms with Crippen molar-refractivity contribution in [2.24, 2.45) is 0 Å². The molecule has 0 radical (unpaired) electrons. The van der Waals surface area contributed by atoms with E-state index in [1.807, 2.05) is 0 Å². The van der Waals surface area contributed by atoms with E-state index in [4.69, 9.17) is 14.2 Å². The standard InChI is InChI=1S/C18H16FNO4/c1-22-14-9-13-16(18(24-3)17(14)23-2)12(8-15(21)20-13)10-4-6-11(19)7-5-10/h4-9H,1-3H3,(H,20,21). The second kappa shape index (κ2) is 6.23. The van der Waals surface area contributed by atoms with Crippen molar-refractivity contribution in [2.75, 3.05) is 21.3 Å². The van der Waals surface area contributed by atoms with E-state index in [9.17, 15) is 9.18 Å². The van der Waals surface area contributed by atoms with Crippen LogP contribution in [0.5, 0.6) is 17.2 Å². The van der Waals surface area contributed by atoms with Gasteiger partial charge in [-0.2, -0.15) is 0 Å². The molecule has 1 N–H and O–H groups in total. The number of aromatic amines is 1. The van der Waals surface area contributed by atoms with Crippen LogP contribution in [0.1, 0.15) is 0 Å². The third-order valence-electron chi connectivity index (χ3n) is 3.79. The second-order valence-electron chi connectivity index (χ2n) is 5.12. The first kappa shape index (κ1) is 15.9. The normalized spacial score (nSPS) is 10.7. The maximum absolute atomic E-state index is 13.2. The van der Waals surface area contributed by atoms with E-state index in [0.29, 0.717) is 39.3 Å². The summed E-state index contributed by atoms with van der Waals surface area (Å²) in [5.41, 5.74) is 1.57. The van der Waals surface area contributed by atoms with Gasteiger partial charge in [-0.25, -0.2) is 4.39 Å². The van der Waals surface area contributed by atoms with Gasteiger partial charge in [-0.05, 0) is 17.7 Å². The van der Waals surface area contributed by atoms with Gasteiger partial charge in [0, 0.05) is 17.7 Å². The number of methoxy groups -OCH3 is 3. The molecule has 0 unspecified atom stereocenters. The summed E-state index contributed by atoms with van der Waals surface area (Å²) >= 11 is 0. The molecule has 0 spiro atoms. The number of ether oxygens (including phenoxy) is 3. The first-order chi connectivity index (χ1) is 11.6. The summed E-state index contributed by atoms with van der Waals surface area (Å²) in [4.78, 5) is 14.8. The molecule has 0 atom stereocenters. The number of rotatable bonds is 4. The monoisotopic (exact) mass is 329 g/mol. The SMILES string of the molecule is COc1cc2[nH]c(=O)cc(-c3ccc(F)cc3)c2c(OC)c1OC. The molecule has 0 fully saturated rings. The van der Waals surface area contributed by atoms with Crippen LogP contribution in [0.3, 0.4) is 0 Å². The lowest BCUT2D eigenvalue weighted by Crippen LogP contribution is -2.07.